The topological polar surface area (TPSA) is 40.5 Å². The SMILES string of the molecule is CCC1CCN(Cc2cccc(C)c2)C(C(=O)O)C1. The molecule has 3 heteroatoms. The largest absolute Gasteiger partial charge is 0.480 e. The molecule has 1 aromatic carbocycles. The molecule has 0 amide bonds. The highest BCUT2D eigenvalue weighted by molar-refractivity contribution is 5.73. The molecule has 1 fully saturated rings. The van der Waals surface area contributed by atoms with Gasteiger partial charge in [0.25, 0.3) is 0 Å². The van der Waals surface area contributed by atoms with Crippen molar-refractivity contribution in [3.8, 4) is 0 Å². The molecule has 19 heavy (non-hydrogen) atoms. The lowest BCUT2D eigenvalue weighted by atomic mass is 9.88. The van der Waals surface area contributed by atoms with Crippen molar-refractivity contribution in [1.29, 1.82) is 0 Å². The summed E-state index contributed by atoms with van der Waals surface area (Å²) in [5.41, 5.74) is 2.44. The zero-order chi connectivity index (χ0) is 13.8. The van der Waals surface area contributed by atoms with Gasteiger partial charge in [0.15, 0.2) is 0 Å². The predicted octanol–water partition coefficient (Wildman–Crippen LogP) is 3.07. The lowest BCUT2D eigenvalue weighted by Crippen LogP contribution is -2.46. The molecule has 1 N–H and O–H groups in total. The minimum atomic E-state index is -0.675. The molecule has 2 atom stereocenters. The average Bonchev–Trinajstić information content (AvgIpc) is 2.39. The van der Waals surface area contributed by atoms with Gasteiger partial charge in [-0.2, -0.15) is 0 Å². The number of likely N-dealkylation sites (tertiary alicyclic amines) is 1. The maximum atomic E-state index is 11.4. The van der Waals surface area contributed by atoms with Crippen molar-refractivity contribution in [3.05, 3.63) is 35.4 Å². The summed E-state index contributed by atoms with van der Waals surface area (Å²) in [6, 6.07) is 8.02. The molecule has 1 heterocycles. The maximum absolute atomic E-state index is 11.4. The molecule has 0 aliphatic carbocycles. The fraction of sp³-hybridized carbons (Fsp3) is 0.562. The van der Waals surface area contributed by atoms with Crippen LogP contribution in [0, 0.1) is 12.8 Å². The summed E-state index contributed by atoms with van der Waals surface area (Å²) in [6.45, 7) is 5.86. The Labute approximate surface area is 115 Å². The Bertz CT molecular complexity index is 444. The van der Waals surface area contributed by atoms with E-state index in [4.69, 9.17) is 0 Å². The molecular weight excluding hydrogens is 238 g/mol. The summed E-state index contributed by atoms with van der Waals surface area (Å²) in [5.74, 6) is -0.110. The van der Waals surface area contributed by atoms with E-state index in [1.165, 1.54) is 11.1 Å². The molecule has 2 rings (SSSR count). The maximum Gasteiger partial charge on any atom is 0.320 e. The first-order chi connectivity index (χ1) is 9.10. The zero-order valence-corrected chi connectivity index (χ0v) is 11.8. The molecule has 1 saturated heterocycles. The van der Waals surface area contributed by atoms with Crippen molar-refractivity contribution in [2.75, 3.05) is 6.54 Å². The first-order valence-electron chi connectivity index (χ1n) is 7.12. The fourth-order valence-corrected chi connectivity index (χ4v) is 2.95. The van der Waals surface area contributed by atoms with Crippen molar-refractivity contribution >= 4 is 5.97 Å². The van der Waals surface area contributed by atoms with Crippen LogP contribution in [0.4, 0.5) is 0 Å². The third-order valence-corrected chi connectivity index (χ3v) is 4.15. The Morgan fingerprint density at radius 2 is 2.26 bits per heavy atom. The number of carbonyl (C=O) groups is 1. The summed E-state index contributed by atoms with van der Waals surface area (Å²) in [5, 5.41) is 9.41. The van der Waals surface area contributed by atoms with Crippen molar-refractivity contribution < 1.29 is 9.90 Å². The van der Waals surface area contributed by atoms with E-state index in [1.807, 2.05) is 6.07 Å². The minimum Gasteiger partial charge on any atom is -0.480 e. The second kappa shape index (κ2) is 6.20. The first-order valence-corrected chi connectivity index (χ1v) is 7.12. The molecule has 0 aromatic heterocycles. The third-order valence-electron chi connectivity index (χ3n) is 4.15. The Morgan fingerprint density at radius 3 is 2.89 bits per heavy atom. The number of rotatable bonds is 4. The third kappa shape index (κ3) is 3.57. The van der Waals surface area contributed by atoms with Crippen LogP contribution in [-0.2, 0) is 11.3 Å². The lowest BCUT2D eigenvalue weighted by molar-refractivity contribution is -0.145. The van der Waals surface area contributed by atoms with Crippen LogP contribution in [-0.4, -0.2) is 28.6 Å². The zero-order valence-electron chi connectivity index (χ0n) is 11.8. The van der Waals surface area contributed by atoms with Gasteiger partial charge < -0.3 is 5.11 Å². The molecule has 3 nitrogen and oxygen atoms in total. The van der Waals surface area contributed by atoms with E-state index >= 15 is 0 Å². The highest BCUT2D eigenvalue weighted by Crippen LogP contribution is 2.27. The Balaban J connectivity index is 2.07. The monoisotopic (exact) mass is 261 g/mol. The molecular formula is C16H23NO2. The number of carboxylic acids is 1. The van der Waals surface area contributed by atoms with Crippen molar-refractivity contribution in [1.82, 2.24) is 4.90 Å². The van der Waals surface area contributed by atoms with Crippen LogP contribution in [0.2, 0.25) is 0 Å². The molecule has 1 aliphatic heterocycles. The van der Waals surface area contributed by atoms with Gasteiger partial charge in [-0.3, -0.25) is 9.69 Å². The van der Waals surface area contributed by atoms with Crippen LogP contribution < -0.4 is 0 Å². The Kier molecular flexibility index (Phi) is 4.59. The van der Waals surface area contributed by atoms with Crippen LogP contribution in [0.15, 0.2) is 24.3 Å². The van der Waals surface area contributed by atoms with Gasteiger partial charge in [-0.1, -0.05) is 43.2 Å². The van der Waals surface area contributed by atoms with E-state index in [0.29, 0.717) is 5.92 Å². The van der Waals surface area contributed by atoms with Gasteiger partial charge in [0, 0.05) is 6.54 Å². The number of aliphatic carboxylic acids is 1. The van der Waals surface area contributed by atoms with Crippen LogP contribution in [0.25, 0.3) is 0 Å². The number of benzene rings is 1. The van der Waals surface area contributed by atoms with Gasteiger partial charge in [0.2, 0.25) is 0 Å². The van der Waals surface area contributed by atoms with E-state index in [1.54, 1.807) is 0 Å². The van der Waals surface area contributed by atoms with E-state index in [0.717, 1.165) is 32.4 Å². The predicted molar refractivity (Wildman–Crippen MR) is 76.0 cm³/mol. The summed E-state index contributed by atoms with van der Waals surface area (Å²) in [7, 11) is 0. The first kappa shape index (κ1) is 14.1. The van der Waals surface area contributed by atoms with Gasteiger partial charge in [0.1, 0.15) is 6.04 Å². The number of nitrogens with zero attached hydrogens (tertiary/aromatic N) is 1. The van der Waals surface area contributed by atoms with Gasteiger partial charge in [0.05, 0.1) is 0 Å². The molecule has 0 spiro atoms. The molecule has 104 valence electrons. The van der Waals surface area contributed by atoms with Crippen molar-refractivity contribution in [2.45, 2.75) is 45.7 Å². The molecule has 2 unspecified atom stereocenters. The summed E-state index contributed by atoms with van der Waals surface area (Å²) >= 11 is 0. The van der Waals surface area contributed by atoms with Crippen molar-refractivity contribution in [3.63, 3.8) is 0 Å². The van der Waals surface area contributed by atoms with Gasteiger partial charge in [-0.25, -0.2) is 0 Å². The van der Waals surface area contributed by atoms with Gasteiger partial charge >= 0.3 is 5.97 Å². The highest BCUT2D eigenvalue weighted by atomic mass is 16.4. The minimum absolute atomic E-state index is 0.320. The van der Waals surface area contributed by atoms with Crippen LogP contribution in [0.3, 0.4) is 0 Å². The number of hydrogen-bond donors (Lipinski definition) is 1. The summed E-state index contributed by atoms with van der Waals surface area (Å²) < 4.78 is 0. The van der Waals surface area contributed by atoms with E-state index in [9.17, 15) is 9.90 Å². The fourth-order valence-electron chi connectivity index (χ4n) is 2.95. The number of aryl methyl sites for hydroxylation is 1. The number of piperidine rings is 1. The van der Waals surface area contributed by atoms with Gasteiger partial charge in [-0.15, -0.1) is 0 Å². The summed E-state index contributed by atoms with van der Waals surface area (Å²) in [4.78, 5) is 13.6. The van der Waals surface area contributed by atoms with Gasteiger partial charge in [-0.05, 0) is 37.8 Å². The Hall–Kier alpha value is -1.35. The second-order valence-electron chi connectivity index (χ2n) is 5.61. The number of carboxylic acid groups (broad SMARTS) is 1. The quantitative estimate of drug-likeness (QED) is 0.905. The van der Waals surface area contributed by atoms with E-state index in [2.05, 4.69) is 36.9 Å². The Morgan fingerprint density at radius 1 is 1.47 bits per heavy atom. The standard InChI is InChI=1S/C16H23NO2/c1-3-13-7-8-17(15(10-13)16(18)19)11-14-6-4-5-12(2)9-14/h4-6,9,13,15H,3,7-8,10-11H2,1-2H3,(H,18,19). The van der Waals surface area contributed by atoms with Crippen LogP contribution in [0.1, 0.15) is 37.3 Å². The normalized spacial score (nSPS) is 24.3. The number of hydrogen-bond acceptors (Lipinski definition) is 2. The molecule has 0 radical (unpaired) electrons. The molecule has 0 bridgehead atoms. The lowest BCUT2D eigenvalue weighted by Gasteiger charge is -2.37. The average molecular weight is 261 g/mol. The van der Waals surface area contributed by atoms with E-state index in [-0.39, 0.29) is 6.04 Å². The smallest absolute Gasteiger partial charge is 0.320 e. The summed E-state index contributed by atoms with van der Waals surface area (Å²) in [6.07, 6.45) is 2.99. The second-order valence-corrected chi connectivity index (χ2v) is 5.61. The highest BCUT2D eigenvalue weighted by Gasteiger charge is 2.32. The van der Waals surface area contributed by atoms with Crippen LogP contribution >= 0.6 is 0 Å². The van der Waals surface area contributed by atoms with Crippen LogP contribution in [0.5, 0.6) is 0 Å². The molecule has 0 saturated carbocycles. The van der Waals surface area contributed by atoms with Crippen molar-refractivity contribution in [2.24, 2.45) is 5.92 Å². The molecule has 1 aromatic rings. The molecule has 1 aliphatic rings. The van der Waals surface area contributed by atoms with E-state index < -0.39 is 5.97 Å².